The van der Waals surface area contributed by atoms with E-state index in [1.165, 1.54) is 5.30 Å². The highest BCUT2D eigenvalue weighted by atomic mass is 31.1. The van der Waals surface area contributed by atoms with E-state index >= 15 is 0 Å². The molecule has 2 aliphatic heterocycles. The maximum absolute atomic E-state index is 12.0. The van der Waals surface area contributed by atoms with Crippen molar-refractivity contribution in [3.05, 3.63) is 47.5 Å². The van der Waals surface area contributed by atoms with Crippen LogP contribution in [-0.4, -0.2) is 57.2 Å². The van der Waals surface area contributed by atoms with Crippen molar-refractivity contribution in [1.82, 2.24) is 4.90 Å². The van der Waals surface area contributed by atoms with Gasteiger partial charge in [0.15, 0.2) is 0 Å². The molecule has 2 heterocycles. The summed E-state index contributed by atoms with van der Waals surface area (Å²) in [5, 5.41) is 1.21. The fourth-order valence-electron chi connectivity index (χ4n) is 3.85. The van der Waals surface area contributed by atoms with Gasteiger partial charge in [-0.05, 0) is 55.8 Å². The summed E-state index contributed by atoms with van der Waals surface area (Å²) in [4.78, 5) is 27.3. The Labute approximate surface area is 206 Å². The first kappa shape index (κ1) is 27.7. The quantitative estimate of drug-likeness (QED) is 0.546. The summed E-state index contributed by atoms with van der Waals surface area (Å²) in [5.41, 5.74) is 2.83. The molecule has 4 rings (SSSR count). The van der Waals surface area contributed by atoms with Crippen molar-refractivity contribution in [2.75, 3.05) is 45.4 Å². The summed E-state index contributed by atoms with van der Waals surface area (Å²) in [6.45, 7) is 10.8. The van der Waals surface area contributed by atoms with E-state index in [0.717, 1.165) is 67.2 Å². The van der Waals surface area contributed by atoms with E-state index in [-0.39, 0.29) is 11.8 Å². The summed E-state index contributed by atoms with van der Waals surface area (Å²) in [5.74, 6) is 2.04. The number of carbonyl (C=O) groups is 2. The summed E-state index contributed by atoms with van der Waals surface area (Å²) in [7, 11) is 4.03. The van der Waals surface area contributed by atoms with E-state index in [0.29, 0.717) is 15.0 Å². The molecule has 0 aliphatic carbocycles. The molecule has 0 bridgehead atoms. The molecule has 1 unspecified atom stereocenters. The molecule has 2 aliphatic rings. The van der Waals surface area contributed by atoms with Gasteiger partial charge in [0.25, 0.3) is 5.91 Å². The van der Waals surface area contributed by atoms with E-state index in [9.17, 15) is 9.59 Å². The molecule has 0 aromatic heterocycles. The van der Waals surface area contributed by atoms with Gasteiger partial charge < -0.3 is 19.3 Å². The van der Waals surface area contributed by atoms with Crippen LogP contribution in [0, 0.1) is 0 Å². The number of rotatable bonds is 6. The Hall–Kier alpha value is -2.59. The number of aryl methyl sites for hydroxylation is 1. The third kappa shape index (κ3) is 6.73. The predicted molar refractivity (Wildman–Crippen MR) is 143 cm³/mol. The Balaban J connectivity index is 0.000000224. The summed E-state index contributed by atoms with van der Waals surface area (Å²) in [6, 6.07) is 11.7. The lowest BCUT2D eigenvalue weighted by Crippen LogP contribution is -2.42. The second-order valence-corrected chi connectivity index (χ2v) is 8.85. The van der Waals surface area contributed by atoms with Crippen LogP contribution in [0.25, 0.3) is 0 Å². The van der Waals surface area contributed by atoms with Crippen LogP contribution in [0.3, 0.4) is 0 Å². The van der Waals surface area contributed by atoms with E-state index in [2.05, 4.69) is 19.7 Å². The summed E-state index contributed by atoms with van der Waals surface area (Å²) < 4.78 is 10.6. The number of anilines is 1. The molecule has 6 nitrogen and oxygen atoms in total. The third-order valence-corrected chi connectivity index (χ3v) is 6.85. The van der Waals surface area contributed by atoms with Crippen molar-refractivity contribution in [2.45, 2.75) is 46.5 Å². The number of carbonyl (C=O) groups excluding carboxylic acids is 2. The van der Waals surface area contributed by atoms with Crippen molar-refractivity contribution >= 4 is 31.4 Å². The molecule has 0 spiro atoms. The number of amides is 2. The van der Waals surface area contributed by atoms with E-state index in [4.69, 9.17) is 9.47 Å². The lowest BCUT2D eigenvalue weighted by atomic mass is 10.1. The SMILES string of the molecule is CC.CCc1ccc(C(=O)N2CCC2)cc1OC.COc1cc(N2CCCC2=O)ccc1PC. The normalized spacial score (nSPS) is 14.7. The van der Waals surface area contributed by atoms with E-state index < -0.39 is 0 Å². The lowest BCUT2D eigenvalue weighted by molar-refractivity contribution is -0.117. The molecule has 0 saturated carbocycles. The second-order valence-electron chi connectivity index (χ2n) is 7.81. The molecule has 0 N–H and O–H groups in total. The molecule has 1 atom stereocenters. The third-order valence-electron chi connectivity index (χ3n) is 5.90. The zero-order valence-corrected chi connectivity index (χ0v) is 22.4. The lowest BCUT2D eigenvalue weighted by Gasteiger charge is -2.31. The van der Waals surface area contributed by atoms with Crippen LogP contribution in [0.5, 0.6) is 11.5 Å². The molecule has 2 aromatic rings. The fraction of sp³-hybridized carbons (Fsp3) is 0.481. The zero-order chi connectivity index (χ0) is 25.1. The molecule has 0 radical (unpaired) electrons. The van der Waals surface area contributed by atoms with Crippen LogP contribution < -0.4 is 19.7 Å². The molecule has 34 heavy (non-hydrogen) atoms. The number of ether oxygens (including phenoxy) is 2. The van der Waals surface area contributed by atoms with Crippen molar-refractivity contribution in [3.8, 4) is 11.5 Å². The van der Waals surface area contributed by atoms with E-state index in [1.807, 2.05) is 54.0 Å². The molecular formula is C27H39N2O4P. The van der Waals surface area contributed by atoms with Crippen LogP contribution in [0.1, 0.15) is 56.0 Å². The minimum absolute atomic E-state index is 0.118. The number of likely N-dealkylation sites (tertiary alicyclic amines) is 1. The van der Waals surface area contributed by atoms with Gasteiger partial charge in [0.05, 0.1) is 14.2 Å². The summed E-state index contributed by atoms with van der Waals surface area (Å²) in [6.07, 6.45) is 3.66. The maximum Gasteiger partial charge on any atom is 0.253 e. The Kier molecular flexibility index (Phi) is 11.4. The van der Waals surface area contributed by atoms with Gasteiger partial charge in [0.2, 0.25) is 5.91 Å². The Bertz CT molecular complexity index is 960. The first-order chi connectivity index (χ1) is 16.5. The fourth-order valence-corrected chi connectivity index (χ4v) is 4.52. The van der Waals surface area contributed by atoms with Gasteiger partial charge in [-0.15, -0.1) is 0 Å². The van der Waals surface area contributed by atoms with Gasteiger partial charge in [0, 0.05) is 48.7 Å². The van der Waals surface area contributed by atoms with Crippen molar-refractivity contribution < 1.29 is 19.1 Å². The van der Waals surface area contributed by atoms with Gasteiger partial charge in [-0.1, -0.05) is 35.4 Å². The van der Waals surface area contributed by atoms with Crippen LogP contribution in [0.2, 0.25) is 0 Å². The smallest absolute Gasteiger partial charge is 0.253 e. The van der Waals surface area contributed by atoms with Crippen LogP contribution in [0.4, 0.5) is 5.69 Å². The van der Waals surface area contributed by atoms with Gasteiger partial charge in [-0.3, -0.25) is 9.59 Å². The van der Waals surface area contributed by atoms with Crippen molar-refractivity contribution in [1.29, 1.82) is 0 Å². The molecule has 2 fully saturated rings. The Morgan fingerprint density at radius 3 is 2.18 bits per heavy atom. The average molecular weight is 487 g/mol. The highest BCUT2D eigenvalue weighted by molar-refractivity contribution is 7.46. The molecule has 2 saturated heterocycles. The average Bonchev–Trinajstić information content (AvgIpc) is 3.29. The van der Waals surface area contributed by atoms with Gasteiger partial charge in [0.1, 0.15) is 11.5 Å². The maximum atomic E-state index is 12.0. The number of nitrogens with zero attached hydrogens (tertiary/aromatic N) is 2. The van der Waals surface area contributed by atoms with E-state index in [1.54, 1.807) is 14.2 Å². The van der Waals surface area contributed by atoms with Gasteiger partial charge >= 0.3 is 0 Å². The summed E-state index contributed by atoms with van der Waals surface area (Å²) >= 11 is 0. The minimum Gasteiger partial charge on any atom is -0.496 e. The van der Waals surface area contributed by atoms with Crippen molar-refractivity contribution in [3.63, 3.8) is 0 Å². The second kappa shape index (κ2) is 14.0. The number of hydrogen-bond donors (Lipinski definition) is 0. The van der Waals surface area contributed by atoms with Crippen LogP contribution in [-0.2, 0) is 11.2 Å². The molecule has 186 valence electrons. The first-order valence-corrected chi connectivity index (χ1v) is 13.6. The molecular weight excluding hydrogens is 447 g/mol. The Morgan fingerprint density at radius 1 is 0.971 bits per heavy atom. The molecule has 2 aromatic carbocycles. The first-order valence-electron chi connectivity index (χ1n) is 12.1. The highest BCUT2D eigenvalue weighted by Crippen LogP contribution is 2.27. The van der Waals surface area contributed by atoms with Crippen molar-refractivity contribution in [2.24, 2.45) is 0 Å². The topological polar surface area (TPSA) is 59.1 Å². The van der Waals surface area contributed by atoms with Gasteiger partial charge in [-0.2, -0.15) is 0 Å². The Morgan fingerprint density at radius 2 is 1.68 bits per heavy atom. The highest BCUT2D eigenvalue weighted by Gasteiger charge is 2.23. The minimum atomic E-state index is 0.118. The zero-order valence-electron chi connectivity index (χ0n) is 21.4. The number of hydrogen-bond acceptors (Lipinski definition) is 4. The largest absolute Gasteiger partial charge is 0.496 e. The number of benzene rings is 2. The predicted octanol–water partition coefficient (Wildman–Crippen LogP) is 4.89. The van der Waals surface area contributed by atoms with Crippen LogP contribution in [0.15, 0.2) is 36.4 Å². The molecule has 7 heteroatoms. The molecule has 2 amide bonds. The monoisotopic (exact) mass is 486 g/mol. The van der Waals surface area contributed by atoms with Gasteiger partial charge in [-0.25, -0.2) is 0 Å². The number of methoxy groups -OCH3 is 2. The standard InChI is InChI=1S/C13H17NO2.C12H16NO2P.C2H6/c1-3-10-5-6-11(9-12(10)16-2)13(15)14-7-4-8-14;1-15-10-8-9(5-6-11(10)16-2)13-7-3-4-12(13)14;1-2/h5-6,9H,3-4,7-8H2,1-2H3;5-6,8,16H,3-4,7H2,1-2H3;1-2H3. The van der Waals surface area contributed by atoms with Crippen LogP contribution >= 0.6 is 8.58 Å².